The molecule has 4 nitrogen and oxygen atoms in total. The summed E-state index contributed by atoms with van der Waals surface area (Å²) in [5, 5.41) is 12.2. The molecule has 0 bridgehead atoms. The fourth-order valence-corrected chi connectivity index (χ4v) is 1.93. The van der Waals surface area contributed by atoms with Gasteiger partial charge in [-0.25, -0.2) is 0 Å². The predicted molar refractivity (Wildman–Crippen MR) is 47.4 cm³/mol. The third kappa shape index (κ3) is 3.58. The van der Waals surface area contributed by atoms with Crippen LogP contribution < -0.4 is 17.0 Å². The Morgan fingerprint density at radius 1 is 1.73 bits per heavy atom. The van der Waals surface area contributed by atoms with Crippen LogP contribution in [0.1, 0.15) is 13.3 Å². The molecule has 1 saturated heterocycles. The Balaban J connectivity index is 0.000000461. The smallest absolute Gasteiger partial charge is 0.105 e. The molecular formula is C6H14N4S. The molecule has 5 N–H and O–H groups in total. The van der Waals surface area contributed by atoms with Crippen molar-refractivity contribution in [1.29, 1.82) is 5.26 Å². The van der Waals surface area contributed by atoms with Gasteiger partial charge in [0, 0.05) is 5.75 Å². The third-order valence-electron chi connectivity index (χ3n) is 1.38. The van der Waals surface area contributed by atoms with Crippen molar-refractivity contribution in [3.8, 4) is 6.07 Å². The molecule has 0 aromatic rings. The number of hydrogen-bond acceptors (Lipinski definition) is 5. The standard InChI is InChI=1S/C6H10N2S.H4N2/c1-2-6-8-5(3-7)4-9-6;1-2/h5-6,8H,2,4H2,1H3;1-2H2. The Hall–Kier alpha value is -0.280. The van der Waals surface area contributed by atoms with Crippen LogP contribution >= 0.6 is 11.8 Å². The molecule has 0 amide bonds. The summed E-state index contributed by atoms with van der Waals surface area (Å²) in [7, 11) is 0. The molecule has 11 heavy (non-hydrogen) atoms. The highest BCUT2D eigenvalue weighted by Crippen LogP contribution is 2.19. The van der Waals surface area contributed by atoms with Crippen LogP contribution in [0.5, 0.6) is 0 Å². The molecule has 1 rings (SSSR count). The first-order valence-corrected chi connectivity index (χ1v) is 4.52. The van der Waals surface area contributed by atoms with E-state index in [9.17, 15) is 0 Å². The van der Waals surface area contributed by atoms with Gasteiger partial charge in [0.25, 0.3) is 0 Å². The molecule has 64 valence electrons. The van der Waals surface area contributed by atoms with Crippen LogP contribution in [0.4, 0.5) is 0 Å². The molecule has 2 atom stereocenters. The Bertz CT molecular complexity index is 133. The lowest BCUT2D eigenvalue weighted by Crippen LogP contribution is -2.27. The van der Waals surface area contributed by atoms with Gasteiger partial charge >= 0.3 is 0 Å². The molecule has 1 aliphatic heterocycles. The second-order valence-corrected chi connectivity index (χ2v) is 3.31. The van der Waals surface area contributed by atoms with Gasteiger partial charge in [0.15, 0.2) is 0 Å². The molecule has 1 aliphatic rings. The zero-order valence-corrected chi connectivity index (χ0v) is 7.40. The van der Waals surface area contributed by atoms with E-state index in [4.69, 9.17) is 5.26 Å². The van der Waals surface area contributed by atoms with Crippen molar-refractivity contribution in [3.63, 3.8) is 0 Å². The van der Waals surface area contributed by atoms with E-state index in [1.54, 1.807) is 0 Å². The van der Waals surface area contributed by atoms with E-state index in [-0.39, 0.29) is 6.04 Å². The summed E-state index contributed by atoms with van der Waals surface area (Å²) in [5.41, 5.74) is 0. The van der Waals surface area contributed by atoms with Gasteiger partial charge in [0.1, 0.15) is 6.04 Å². The first kappa shape index (κ1) is 10.7. The lowest BCUT2D eigenvalue weighted by Gasteiger charge is -2.03. The number of thioether (sulfide) groups is 1. The number of nitriles is 1. The maximum atomic E-state index is 8.45. The Morgan fingerprint density at radius 3 is 2.64 bits per heavy atom. The van der Waals surface area contributed by atoms with Crippen molar-refractivity contribution >= 4 is 11.8 Å². The van der Waals surface area contributed by atoms with Gasteiger partial charge in [-0.15, -0.1) is 11.8 Å². The van der Waals surface area contributed by atoms with Crippen LogP contribution in [0, 0.1) is 11.3 Å². The van der Waals surface area contributed by atoms with Crippen molar-refractivity contribution in [1.82, 2.24) is 5.32 Å². The van der Waals surface area contributed by atoms with Crippen molar-refractivity contribution in [2.24, 2.45) is 11.7 Å². The summed E-state index contributed by atoms with van der Waals surface area (Å²) < 4.78 is 0. The minimum atomic E-state index is 0.0972. The normalized spacial score (nSPS) is 28.5. The molecule has 0 saturated carbocycles. The number of hydrazine groups is 1. The number of nitrogens with zero attached hydrogens (tertiary/aromatic N) is 1. The first-order chi connectivity index (χ1) is 5.36. The monoisotopic (exact) mass is 174 g/mol. The number of nitrogens with two attached hydrogens (primary N) is 2. The van der Waals surface area contributed by atoms with E-state index in [1.165, 1.54) is 0 Å². The topological polar surface area (TPSA) is 87.9 Å². The fraction of sp³-hybridized carbons (Fsp3) is 0.833. The molecule has 1 heterocycles. The summed E-state index contributed by atoms with van der Waals surface area (Å²) in [6.07, 6.45) is 1.11. The van der Waals surface area contributed by atoms with Crippen LogP contribution in [-0.4, -0.2) is 17.2 Å². The highest BCUT2D eigenvalue weighted by atomic mass is 32.2. The Morgan fingerprint density at radius 2 is 2.36 bits per heavy atom. The van der Waals surface area contributed by atoms with Crippen LogP contribution in [0.15, 0.2) is 0 Å². The average molecular weight is 174 g/mol. The zero-order chi connectivity index (χ0) is 8.69. The van der Waals surface area contributed by atoms with Gasteiger partial charge in [-0.05, 0) is 6.42 Å². The maximum absolute atomic E-state index is 8.45. The van der Waals surface area contributed by atoms with Gasteiger partial charge in [-0.1, -0.05) is 6.92 Å². The summed E-state index contributed by atoms with van der Waals surface area (Å²) in [5.74, 6) is 8.95. The molecule has 0 radical (unpaired) electrons. The van der Waals surface area contributed by atoms with Crippen LogP contribution in [0.25, 0.3) is 0 Å². The van der Waals surface area contributed by atoms with Crippen LogP contribution in [0.3, 0.4) is 0 Å². The first-order valence-electron chi connectivity index (χ1n) is 3.47. The number of hydrogen-bond donors (Lipinski definition) is 3. The van der Waals surface area contributed by atoms with Gasteiger partial charge in [-0.3, -0.25) is 17.0 Å². The molecule has 5 heteroatoms. The van der Waals surface area contributed by atoms with Crippen molar-refractivity contribution in [2.75, 3.05) is 5.75 Å². The second kappa shape index (κ2) is 6.43. The SMILES string of the molecule is CCC1NC(C#N)CS1.NN. The van der Waals surface area contributed by atoms with Gasteiger partial charge in [-0.2, -0.15) is 5.26 Å². The van der Waals surface area contributed by atoms with E-state index in [0.29, 0.717) is 5.37 Å². The Kier molecular flexibility index (Phi) is 6.27. The largest absolute Gasteiger partial charge is 0.289 e. The van der Waals surface area contributed by atoms with Gasteiger partial charge < -0.3 is 0 Å². The Labute approximate surface area is 71.3 Å². The molecule has 0 aromatic heterocycles. The molecular weight excluding hydrogens is 160 g/mol. The average Bonchev–Trinajstić information content (AvgIpc) is 2.55. The lowest BCUT2D eigenvalue weighted by atomic mass is 10.3. The third-order valence-corrected chi connectivity index (χ3v) is 2.78. The van der Waals surface area contributed by atoms with E-state index in [2.05, 4.69) is 30.0 Å². The van der Waals surface area contributed by atoms with Gasteiger partial charge in [0.05, 0.1) is 11.4 Å². The van der Waals surface area contributed by atoms with E-state index < -0.39 is 0 Å². The summed E-state index contributed by atoms with van der Waals surface area (Å²) in [6, 6.07) is 2.29. The van der Waals surface area contributed by atoms with E-state index >= 15 is 0 Å². The number of rotatable bonds is 1. The summed E-state index contributed by atoms with van der Waals surface area (Å²) in [6.45, 7) is 2.13. The minimum Gasteiger partial charge on any atom is -0.289 e. The quantitative estimate of drug-likeness (QED) is 0.377. The molecule has 0 aliphatic carbocycles. The van der Waals surface area contributed by atoms with Crippen LogP contribution in [0.2, 0.25) is 0 Å². The summed E-state index contributed by atoms with van der Waals surface area (Å²) in [4.78, 5) is 0. The lowest BCUT2D eigenvalue weighted by molar-refractivity contribution is 0.633. The van der Waals surface area contributed by atoms with E-state index in [0.717, 1.165) is 12.2 Å². The molecule has 0 aromatic carbocycles. The zero-order valence-electron chi connectivity index (χ0n) is 6.58. The van der Waals surface area contributed by atoms with Crippen molar-refractivity contribution < 1.29 is 0 Å². The molecule has 2 unspecified atom stereocenters. The van der Waals surface area contributed by atoms with Crippen molar-refractivity contribution in [2.45, 2.75) is 24.8 Å². The highest BCUT2D eigenvalue weighted by molar-refractivity contribution is 8.00. The maximum Gasteiger partial charge on any atom is 0.105 e. The van der Waals surface area contributed by atoms with Crippen molar-refractivity contribution in [3.05, 3.63) is 0 Å². The van der Waals surface area contributed by atoms with Crippen LogP contribution in [-0.2, 0) is 0 Å². The highest BCUT2D eigenvalue weighted by Gasteiger charge is 2.21. The van der Waals surface area contributed by atoms with E-state index in [1.807, 2.05) is 11.8 Å². The fourth-order valence-electron chi connectivity index (χ4n) is 0.843. The molecule has 0 spiro atoms. The van der Waals surface area contributed by atoms with Gasteiger partial charge in [0.2, 0.25) is 0 Å². The predicted octanol–water partition coefficient (Wildman–Crippen LogP) is -0.230. The second-order valence-electron chi connectivity index (χ2n) is 2.08. The minimum absolute atomic E-state index is 0.0972. The number of nitrogens with one attached hydrogen (secondary N) is 1. The molecule has 1 fully saturated rings. The summed E-state index contributed by atoms with van der Waals surface area (Å²) >= 11 is 1.84.